The SMILES string of the molecule is CC1(C)c2ccccc2-c2cc(-c3c4ccccc4c(-c4cccc5c4sc4ccccc45)c4ccc(-c5ccccc5)cc34)ccc21. The van der Waals surface area contributed by atoms with Crippen LogP contribution in [0.5, 0.6) is 0 Å². The molecule has 0 fully saturated rings. The minimum absolute atomic E-state index is 0.0259. The smallest absolute Gasteiger partial charge is 0.0434 e. The molecule has 0 unspecified atom stereocenters. The van der Waals surface area contributed by atoms with Crippen LogP contribution in [0.15, 0.2) is 158 Å². The van der Waals surface area contributed by atoms with Gasteiger partial charge in [-0.1, -0.05) is 153 Å². The van der Waals surface area contributed by atoms with Crippen LogP contribution in [0.25, 0.3) is 86.2 Å². The first-order valence-corrected chi connectivity index (χ1v) is 17.6. The molecule has 1 aliphatic carbocycles. The maximum Gasteiger partial charge on any atom is 0.0434 e. The van der Waals surface area contributed by atoms with Crippen molar-refractivity contribution in [1.29, 1.82) is 0 Å². The largest absolute Gasteiger partial charge is 0.135 e. The molecule has 0 N–H and O–H groups in total. The highest BCUT2D eigenvalue weighted by molar-refractivity contribution is 7.26. The third kappa shape index (κ3) is 3.89. The van der Waals surface area contributed by atoms with Gasteiger partial charge in [0.25, 0.3) is 0 Å². The van der Waals surface area contributed by atoms with E-state index >= 15 is 0 Å². The van der Waals surface area contributed by atoms with Gasteiger partial charge in [0.15, 0.2) is 0 Å². The highest BCUT2D eigenvalue weighted by Crippen LogP contribution is 2.52. The van der Waals surface area contributed by atoms with Gasteiger partial charge in [-0.05, 0) is 89.8 Å². The van der Waals surface area contributed by atoms with Crippen LogP contribution in [-0.2, 0) is 5.41 Å². The number of hydrogen-bond acceptors (Lipinski definition) is 1. The van der Waals surface area contributed by atoms with Crippen LogP contribution in [-0.4, -0.2) is 0 Å². The molecule has 48 heavy (non-hydrogen) atoms. The Morgan fingerprint density at radius 1 is 0.375 bits per heavy atom. The number of benzene rings is 8. The number of rotatable bonds is 3. The molecule has 9 aromatic rings. The Morgan fingerprint density at radius 2 is 1.00 bits per heavy atom. The number of fused-ring (bicyclic) bond motifs is 8. The number of thiophene rings is 1. The Hall–Kier alpha value is -5.50. The molecular weight excluding hydrogens is 597 g/mol. The summed E-state index contributed by atoms with van der Waals surface area (Å²) >= 11 is 1.91. The van der Waals surface area contributed by atoms with Crippen LogP contribution in [0, 0.1) is 0 Å². The summed E-state index contributed by atoms with van der Waals surface area (Å²) < 4.78 is 2.68. The van der Waals surface area contributed by atoms with Gasteiger partial charge in [-0.3, -0.25) is 0 Å². The Morgan fingerprint density at radius 3 is 1.85 bits per heavy atom. The Bertz CT molecular complexity index is 2740. The zero-order valence-corrected chi connectivity index (χ0v) is 27.7. The summed E-state index contributed by atoms with van der Waals surface area (Å²) in [4.78, 5) is 0. The second-order valence-electron chi connectivity index (χ2n) is 13.6. The van der Waals surface area contributed by atoms with Crippen LogP contribution in [0.1, 0.15) is 25.0 Å². The molecule has 8 aromatic carbocycles. The van der Waals surface area contributed by atoms with Gasteiger partial charge in [0.1, 0.15) is 0 Å². The van der Waals surface area contributed by atoms with Crippen molar-refractivity contribution in [2.75, 3.05) is 0 Å². The van der Waals surface area contributed by atoms with Gasteiger partial charge in [0, 0.05) is 31.2 Å². The minimum atomic E-state index is -0.0259. The van der Waals surface area contributed by atoms with E-state index in [0.29, 0.717) is 0 Å². The highest BCUT2D eigenvalue weighted by Gasteiger charge is 2.35. The van der Waals surface area contributed by atoms with Crippen molar-refractivity contribution in [2.24, 2.45) is 0 Å². The summed E-state index contributed by atoms with van der Waals surface area (Å²) in [5.74, 6) is 0. The molecule has 1 heteroatoms. The van der Waals surface area contributed by atoms with Crippen molar-refractivity contribution in [3.8, 4) is 44.5 Å². The average molecular weight is 629 g/mol. The summed E-state index contributed by atoms with van der Waals surface area (Å²) in [7, 11) is 0. The number of hydrogen-bond donors (Lipinski definition) is 0. The second kappa shape index (κ2) is 10.2. The first-order chi connectivity index (χ1) is 23.6. The predicted octanol–water partition coefficient (Wildman–Crippen LogP) is 13.7. The van der Waals surface area contributed by atoms with Gasteiger partial charge < -0.3 is 0 Å². The Balaban J connectivity index is 1.34. The molecule has 0 radical (unpaired) electrons. The van der Waals surface area contributed by atoms with E-state index in [0.717, 1.165) is 0 Å². The molecule has 0 atom stereocenters. The standard InChI is InChI=1S/C47H32S/c1-47(2)41-21-10-8-15-32(41)39-28-31(24-26-42(39)47)44-34-17-6-7-18-35(34)45(36-25-23-30(27-40(36)44)29-13-4-3-5-14-29)38-20-12-19-37-33-16-9-11-22-43(33)48-46(37)38/h3-28H,1-2H3. The van der Waals surface area contributed by atoms with Gasteiger partial charge in [0.05, 0.1) is 0 Å². The summed E-state index contributed by atoms with van der Waals surface area (Å²) in [6, 6.07) is 58.8. The molecule has 0 amide bonds. The van der Waals surface area contributed by atoms with E-state index in [1.165, 1.54) is 97.4 Å². The molecule has 0 saturated carbocycles. The molecule has 0 spiro atoms. The molecule has 226 valence electrons. The fourth-order valence-electron chi connectivity index (χ4n) is 8.41. The molecule has 1 aromatic heterocycles. The normalized spacial score (nSPS) is 13.4. The van der Waals surface area contributed by atoms with Gasteiger partial charge in [-0.2, -0.15) is 0 Å². The summed E-state index contributed by atoms with van der Waals surface area (Å²) in [6.07, 6.45) is 0. The molecular formula is C47H32S. The maximum atomic E-state index is 2.46. The van der Waals surface area contributed by atoms with Crippen LogP contribution in [0.2, 0.25) is 0 Å². The maximum absolute atomic E-state index is 2.46. The fourth-order valence-corrected chi connectivity index (χ4v) is 9.63. The lowest BCUT2D eigenvalue weighted by atomic mass is 9.81. The van der Waals surface area contributed by atoms with Crippen molar-refractivity contribution in [2.45, 2.75) is 19.3 Å². The molecule has 0 bridgehead atoms. The monoisotopic (exact) mass is 628 g/mol. The quantitative estimate of drug-likeness (QED) is 0.171. The topological polar surface area (TPSA) is 0 Å². The van der Waals surface area contributed by atoms with Gasteiger partial charge in [0.2, 0.25) is 0 Å². The molecule has 1 aliphatic rings. The van der Waals surface area contributed by atoms with Crippen LogP contribution < -0.4 is 0 Å². The van der Waals surface area contributed by atoms with Crippen molar-refractivity contribution < 1.29 is 0 Å². The van der Waals surface area contributed by atoms with E-state index in [4.69, 9.17) is 0 Å². The molecule has 0 saturated heterocycles. The van der Waals surface area contributed by atoms with Crippen molar-refractivity contribution in [1.82, 2.24) is 0 Å². The zero-order valence-electron chi connectivity index (χ0n) is 26.9. The molecule has 0 nitrogen and oxygen atoms in total. The minimum Gasteiger partial charge on any atom is -0.135 e. The summed E-state index contributed by atoms with van der Waals surface area (Å²) in [6.45, 7) is 4.72. The second-order valence-corrected chi connectivity index (χ2v) is 14.7. The van der Waals surface area contributed by atoms with E-state index in [1.54, 1.807) is 0 Å². The van der Waals surface area contributed by atoms with Gasteiger partial charge in [-0.15, -0.1) is 11.3 Å². The van der Waals surface area contributed by atoms with Crippen molar-refractivity contribution >= 4 is 53.1 Å². The van der Waals surface area contributed by atoms with Crippen LogP contribution >= 0.6 is 11.3 Å². The molecule has 0 aliphatic heterocycles. The summed E-state index contributed by atoms with van der Waals surface area (Å²) in [5, 5.41) is 7.81. The van der Waals surface area contributed by atoms with Crippen LogP contribution in [0.3, 0.4) is 0 Å². The fraction of sp³-hybridized carbons (Fsp3) is 0.0638. The van der Waals surface area contributed by atoms with Gasteiger partial charge in [-0.25, -0.2) is 0 Å². The van der Waals surface area contributed by atoms with Crippen molar-refractivity contribution in [3.05, 3.63) is 169 Å². The molecule has 1 heterocycles. The van der Waals surface area contributed by atoms with E-state index < -0.39 is 0 Å². The van der Waals surface area contributed by atoms with E-state index in [9.17, 15) is 0 Å². The Kier molecular flexibility index (Phi) is 5.89. The molecule has 10 rings (SSSR count). The highest BCUT2D eigenvalue weighted by atomic mass is 32.1. The lowest BCUT2D eigenvalue weighted by Crippen LogP contribution is -2.14. The van der Waals surface area contributed by atoms with E-state index in [2.05, 4.69) is 172 Å². The third-order valence-corrected chi connectivity index (χ3v) is 11.9. The lowest BCUT2D eigenvalue weighted by Gasteiger charge is -2.22. The third-order valence-electron chi connectivity index (χ3n) is 10.7. The van der Waals surface area contributed by atoms with Gasteiger partial charge >= 0.3 is 0 Å². The zero-order chi connectivity index (χ0) is 32.0. The Labute approximate surface area is 284 Å². The first-order valence-electron chi connectivity index (χ1n) is 16.8. The van der Waals surface area contributed by atoms with E-state index in [1.807, 2.05) is 11.3 Å². The predicted molar refractivity (Wildman–Crippen MR) is 208 cm³/mol. The van der Waals surface area contributed by atoms with Crippen molar-refractivity contribution in [3.63, 3.8) is 0 Å². The lowest BCUT2D eigenvalue weighted by molar-refractivity contribution is 0.660. The average Bonchev–Trinajstić information content (AvgIpc) is 3.63. The van der Waals surface area contributed by atoms with Crippen LogP contribution in [0.4, 0.5) is 0 Å². The first kappa shape index (κ1) is 27.6. The summed E-state index contributed by atoms with van der Waals surface area (Å²) in [5.41, 5.74) is 13.1. The van der Waals surface area contributed by atoms with E-state index in [-0.39, 0.29) is 5.41 Å².